The van der Waals surface area contributed by atoms with Crippen LogP contribution in [0.15, 0.2) is 18.2 Å². The fraction of sp³-hybridized carbons (Fsp3) is 0.385. The van der Waals surface area contributed by atoms with Gasteiger partial charge < -0.3 is 15.7 Å². The average Bonchev–Trinajstić information content (AvgIpc) is 2.45. The van der Waals surface area contributed by atoms with Crippen molar-refractivity contribution in [3.63, 3.8) is 0 Å². The molecule has 0 spiro atoms. The number of aromatic carboxylic acids is 1. The van der Waals surface area contributed by atoms with Gasteiger partial charge in [-0.3, -0.25) is 4.79 Å². The van der Waals surface area contributed by atoms with Gasteiger partial charge in [0.15, 0.2) is 0 Å². The third-order valence-electron chi connectivity index (χ3n) is 2.97. The molecule has 0 saturated heterocycles. The summed E-state index contributed by atoms with van der Waals surface area (Å²) < 4.78 is 0. The second-order valence-corrected chi connectivity index (χ2v) is 4.45. The fourth-order valence-corrected chi connectivity index (χ4v) is 2.12. The van der Waals surface area contributed by atoms with Crippen LogP contribution in [-0.2, 0) is 4.79 Å². The van der Waals surface area contributed by atoms with Crippen molar-refractivity contribution >= 4 is 23.3 Å². The lowest BCUT2D eigenvalue weighted by Crippen LogP contribution is -2.22. The summed E-state index contributed by atoms with van der Waals surface area (Å²) in [6, 6.07) is 4.73. The number of carbonyl (C=O) groups is 2. The number of carboxylic acids is 1. The summed E-state index contributed by atoms with van der Waals surface area (Å²) in [5, 5.41) is 15.0. The SMILES string of the molecule is CCCC1CC(=O)Nc2ccc(C(=O)O)cc2N1. The van der Waals surface area contributed by atoms with Gasteiger partial charge in [0, 0.05) is 12.5 Å². The van der Waals surface area contributed by atoms with Gasteiger partial charge in [0.05, 0.1) is 16.9 Å². The van der Waals surface area contributed by atoms with Crippen molar-refractivity contribution in [3.05, 3.63) is 23.8 Å². The highest BCUT2D eigenvalue weighted by molar-refractivity contribution is 5.98. The van der Waals surface area contributed by atoms with Crippen molar-refractivity contribution in [3.8, 4) is 0 Å². The molecule has 3 N–H and O–H groups in total. The minimum Gasteiger partial charge on any atom is -0.478 e. The second kappa shape index (κ2) is 5.08. The molecular weight excluding hydrogens is 232 g/mol. The number of rotatable bonds is 3. The predicted molar refractivity (Wildman–Crippen MR) is 69.0 cm³/mol. The minimum absolute atomic E-state index is 0.0391. The molecule has 18 heavy (non-hydrogen) atoms. The highest BCUT2D eigenvalue weighted by atomic mass is 16.4. The van der Waals surface area contributed by atoms with Crippen LogP contribution in [0.1, 0.15) is 36.5 Å². The number of carbonyl (C=O) groups excluding carboxylic acids is 1. The Hall–Kier alpha value is -2.04. The molecular formula is C13H16N2O3. The highest BCUT2D eigenvalue weighted by Crippen LogP contribution is 2.28. The van der Waals surface area contributed by atoms with Crippen LogP contribution in [0.25, 0.3) is 0 Å². The molecule has 0 fully saturated rings. The van der Waals surface area contributed by atoms with E-state index in [1.165, 1.54) is 6.07 Å². The van der Waals surface area contributed by atoms with Gasteiger partial charge in [0.25, 0.3) is 0 Å². The van der Waals surface area contributed by atoms with E-state index in [9.17, 15) is 9.59 Å². The van der Waals surface area contributed by atoms with Crippen molar-refractivity contribution in [1.29, 1.82) is 0 Å². The zero-order valence-electron chi connectivity index (χ0n) is 10.2. The Morgan fingerprint density at radius 2 is 2.22 bits per heavy atom. The van der Waals surface area contributed by atoms with Crippen LogP contribution in [-0.4, -0.2) is 23.0 Å². The first-order valence-electron chi connectivity index (χ1n) is 6.04. The van der Waals surface area contributed by atoms with Crippen LogP contribution >= 0.6 is 0 Å². The Labute approximate surface area is 105 Å². The standard InChI is InChI=1S/C13H16N2O3/c1-2-3-9-7-12(16)15-10-5-4-8(13(17)18)6-11(10)14-9/h4-6,9,14H,2-3,7H2,1H3,(H,15,16)(H,17,18). The lowest BCUT2D eigenvalue weighted by Gasteiger charge is -2.16. The van der Waals surface area contributed by atoms with E-state index in [1.54, 1.807) is 12.1 Å². The smallest absolute Gasteiger partial charge is 0.335 e. The normalized spacial score (nSPS) is 18.3. The number of hydrogen-bond acceptors (Lipinski definition) is 3. The fourth-order valence-electron chi connectivity index (χ4n) is 2.12. The number of benzene rings is 1. The summed E-state index contributed by atoms with van der Waals surface area (Å²) in [6.45, 7) is 2.05. The Morgan fingerprint density at radius 1 is 1.44 bits per heavy atom. The lowest BCUT2D eigenvalue weighted by atomic mass is 10.1. The van der Waals surface area contributed by atoms with Crippen LogP contribution in [0.3, 0.4) is 0 Å². The first kappa shape index (κ1) is 12.4. The van der Waals surface area contributed by atoms with Gasteiger partial charge in [0.1, 0.15) is 0 Å². The highest BCUT2D eigenvalue weighted by Gasteiger charge is 2.20. The summed E-state index contributed by atoms with van der Waals surface area (Å²) >= 11 is 0. The third kappa shape index (κ3) is 2.61. The van der Waals surface area contributed by atoms with Crippen LogP contribution in [0.5, 0.6) is 0 Å². The number of nitrogens with one attached hydrogen (secondary N) is 2. The number of hydrogen-bond donors (Lipinski definition) is 3. The van der Waals surface area contributed by atoms with Gasteiger partial charge in [-0.05, 0) is 24.6 Å². The number of anilines is 2. The molecule has 1 aromatic carbocycles. The molecule has 5 heteroatoms. The van der Waals surface area contributed by atoms with E-state index in [-0.39, 0.29) is 17.5 Å². The van der Waals surface area contributed by atoms with E-state index in [4.69, 9.17) is 5.11 Å². The molecule has 1 amide bonds. The van der Waals surface area contributed by atoms with Gasteiger partial charge in [-0.25, -0.2) is 4.79 Å². The largest absolute Gasteiger partial charge is 0.478 e. The summed E-state index contributed by atoms with van der Waals surface area (Å²) in [6.07, 6.45) is 2.26. The summed E-state index contributed by atoms with van der Waals surface area (Å²) in [7, 11) is 0. The van der Waals surface area contributed by atoms with E-state index in [0.29, 0.717) is 17.8 Å². The van der Waals surface area contributed by atoms with Gasteiger partial charge in [-0.15, -0.1) is 0 Å². The Balaban J connectivity index is 2.33. The molecule has 0 saturated carbocycles. The number of amides is 1. The van der Waals surface area contributed by atoms with Crippen LogP contribution in [0.4, 0.5) is 11.4 Å². The molecule has 0 radical (unpaired) electrons. The maximum absolute atomic E-state index is 11.7. The van der Waals surface area contributed by atoms with Crippen LogP contribution in [0.2, 0.25) is 0 Å². The quantitative estimate of drug-likeness (QED) is 0.767. The van der Waals surface area contributed by atoms with E-state index in [2.05, 4.69) is 17.6 Å². The number of fused-ring (bicyclic) bond motifs is 1. The molecule has 1 aromatic rings. The molecule has 0 aliphatic carbocycles. The van der Waals surface area contributed by atoms with E-state index in [0.717, 1.165) is 12.8 Å². The van der Waals surface area contributed by atoms with E-state index < -0.39 is 5.97 Å². The average molecular weight is 248 g/mol. The lowest BCUT2D eigenvalue weighted by molar-refractivity contribution is -0.116. The van der Waals surface area contributed by atoms with Crippen LogP contribution in [0, 0.1) is 0 Å². The third-order valence-corrected chi connectivity index (χ3v) is 2.97. The Morgan fingerprint density at radius 3 is 2.89 bits per heavy atom. The molecule has 1 atom stereocenters. The number of carboxylic acid groups (broad SMARTS) is 1. The molecule has 5 nitrogen and oxygen atoms in total. The predicted octanol–water partition coefficient (Wildman–Crippen LogP) is 2.31. The summed E-state index contributed by atoms with van der Waals surface area (Å²) in [4.78, 5) is 22.6. The zero-order valence-corrected chi connectivity index (χ0v) is 10.2. The van der Waals surface area contributed by atoms with Gasteiger partial charge in [-0.2, -0.15) is 0 Å². The van der Waals surface area contributed by atoms with Crippen molar-refractivity contribution < 1.29 is 14.7 Å². The van der Waals surface area contributed by atoms with Crippen LogP contribution < -0.4 is 10.6 Å². The first-order chi connectivity index (χ1) is 8.60. The van der Waals surface area contributed by atoms with Crippen molar-refractivity contribution in [2.45, 2.75) is 32.2 Å². The molecule has 96 valence electrons. The summed E-state index contributed by atoms with van der Waals surface area (Å²) in [5.41, 5.74) is 1.54. The van der Waals surface area contributed by atoms with Gasteiger partial charge in [-0.1, -0.05) is 13.3 Å². The monoisotopic (exact) mass is 248 g/mol. The molecule has 1 unspecified atom stereocenters. The Bertz CT molecular complexity index is 485. The maximum atomic E-state index is 11.7. The molecule has 1 heterocycles. The Kier molecular flexibility index (Phi) is 3.50. The second-order valence-electron chi connectivity index (χ2n) is 4.45. The molecule has 1 aliphatic rings. The van der Waals surface area contributed by atoms with Crippen molar-refractivity contribution in [2.24, 2.45) is 0 Å². The topological polar surface area (TPSA) is 78.4 Å². The van der Waals surface area contributed by atoms with Gasteiger partial charge in [0.2, 0.25) is 5.91 Å². The molecule has 2 rings (SSSR count). The molecule has 0 bridgehead atoms. The minimum atomic E-state index is -0.970. The van der Waals surface area contributed by atoms with E-state index >= 15 is 0 Å². The molecule has 1 aliphatic heterocycles. The molecule has 0 aromatic heterocycles. The first-order valence-corrected chi connectivity index (χ1v) is 6.04. The zero-order chi connectivity index (χ0) is 13.1. The van der Waals surface area contributed by atoms with Gasteiger partial charge >= 0.3 is 5.97 Å². The van der Waals surface area contributed by atoms with Crippen molar-refractivity contribution in [1.82, 2.24) is 0 Å². The van der Waals surface area contributed by atoms with E-state index in [1.807, 2.05) is 0 Å². The maximum Gasteiger partial charge on any atom is 0.335 e. The summed E-state index contributed by atoms with van der Waals surface area (Å²) in [5.74, 6) is -1.01. The van der Waals surface area contributed by atoms with Crippen molar-refractivity contribution in [2.75, 3.05) is 10.6 Å².